The highest BCUT2D eigenvalue weighted by Gasteiger charge is 2.37. The summed E-state index contributed by atoms with van der Waals surface area (Å²) >= 11 is 0. The first-order valence-electron chi connectivity index (χ1n) is 9.97. The van der Waals surface area contributed by atoms with E-state index in [-0.39, 0.29) is 17.9 Å². The Balaban J connectivity index is 1.49. The first-order chi connectivity index (χ1) is 14.5. The van der Waals surface area contributed by atoms with Crippen molar-refractivity contribution in [3.8, 4) is 0 Å². The van der Waals surface area contributed by atoms with Crippen LogP contribution in [-0.4, -0.2) is 55.1 Å². The molecule has 1 fully saturated rings. The van der Waals surface area contributed by atoms with Crippen LogP contribution in [0.5, 0.6) is 0 Å². The maximum Gasteiger partial charge on any atom is 0.323 e. The zero-order valence-electron chi connectivity index (χ0n) is 17.0. The third-order valence-electron chi connectivity index (χ3n) is 5.20. The van der Waals surface area contributed by atoms with Crippen LogP contribution in [0.2, 0.25) is 0 Å². The highest BCUT2D eigenvalue weighted by molar-refractivity contribution is 6.22. The van der Waals surface area contributed by atoms with E-state index in [1.807, 2.05) is 24.3 Å². The highest BCUT2D eigenvalue weighted by Crippen LogP contribution is 2.29. The molecular formula is C22H24N4O4. The van der Waals surface area contributed by atoms with Gasteiger partial charge in [0.15, 0.2) is 0 Å². The topological polar surface area (TPSA) is 91.0 Å². The van der Waals surface area contributed by atoms with Crippen LogP contribution in [0.1, 0.15) is 34.6 Å². The van der Waals surface area contributed by atoms with Gasteiger partial charge in [0.2, 0.25) is 0 Å². The predicted octanol–water partition coefficient (Wildman–Crippen LogP) is 3.17. The van der Waals surface area contributed by atoms with E-state index in [0.29, 0.717) is 35.7 Å². The molecule has 8 nitrogen and oxygen atoms in total. The minimum absolute atomic E-state index is 0.228. The number of nitrogens with zero attached hydrogens (tertiary/aromatic N) is 2. The molecule has 0 radical (unpaired) electrons. The van der Waals surface area contributed by atoms with Gasteiger partial charge in [0.25, 0.3) is 11.8 Å². The number of ether oxygens (including phenoxy) is 1. The Kier molecular flexibility index (Phi) is 5.41. The summed E-state index contributed by atoms with van der Waals surface area (Å²) in [5, 5.41) is 5.63. The van der Waals surface area contributed by atoms with Gasteiger partial charge < -0.3 is 20.3 Å². The number of para-hydroxylation sites is 2. The van der Waals surface area contributed by atoms with Crippen LogP contribution in [0.15, 0.2) is 42.5 Å². The summed E-state index contributed by atoms with van der Waals surface area (Å²) in [7, 11) is 0. The molecule has 0 aliphatic carbocycles. The van der Waals surface area contributed by atoms with Crippen LogP contribution >= 0.6 is 0 Å². The second kappa shape index (κ2) is 8.16. The van der Waals surface area contributed by atoms with Crippen molar-refractivity contribution >= 4 is 34.9 Å². The summed E-state index contributed by atoms with van der Waals surface area (Å²) in [6.07, 6.45) is 0. The Morgan fingerprint density at radius 3 is 2.40 bits per heavy atom. The molecule has 2 aromatic rings. The summed E-state index contributed by atoms with van der Waals surface area (Å²) in [4.78, 5) is 41.0. The zero-order chi connectivity index (χ0) is 21.3. The zero-order valence-corrected chi connectivity index (χ0v) is 17.0. The number of nitrogens with one attached hydrogen (secondary N) is 2. The average Bonchev–Trinajstić information content (AvgIpc) is 2.99. The minimum atomic E-state index is -0.423. The molecule has 2 heterocycles. The minimum Gasteiger partial charge on any atom is -0.378 e. The highest BCUT2D eigenvalue weighted by atomic mass is 16.5. The van der Waals surface area contributed by atoms with Gasteiger partial charge in [-0.2, -0.15) is 0 Å². The van der Waals surface area contributed by atoms with Gasteiger partial charge in [-0.3, -0.25) is 14.5 Å². The quantitative estimate of drug-likeness (QED) is 0.759. The number of carbonyl (C=O) groups excluding carboxylic acids is 3. The number of amides is 4. The molecule has 2 N–H and O–H groups in total. The molecule has 0 spiro atoms. The first-order valence-corrected chi connectivity index (χ1v) is 9.97. The normalized spacial score (nSPS) is 16.1. The number of carbonyl (C=O) groups is 3. The van der Waals surface area contributed by atoms with Crippen LogP contribution in [0, 0.1) is 0 Å². The number of urea groups is 1. The van der Waals surface area contributed by atoms with Crippen molar-refractivity contribution in [3.05, 3.63) is 53.6 Å². The Morgan fingerprint density at radius 1 is 0.967 bits per heavy atom. The van der Waals surface area contributed by atoms with Crippen LogP contribution in [0.25, 0.3) is 0 Å². The lowest BCUT2D eigenvalue weighted by Gasteiger charge is -2.30. The molecule has 156 valence electrons. The molecule has 0 atom stereocenters. The van der Waals surface area contributed by atoms with Crippen molar-refractivity contribution in [2.45, 2.75) is 19.9 Å². The monoisotopic (exact) mass is 408 g/mol. The Labute approximate surface area is 174 Å². The van der Waals surface area contributed by atoms with Crippen molar-refractivity contribution in [1.29, 1.82) is 0 Å². The smallest absolute Gasteiger partial charge is 0.323 e. The number of benzene rings is 2. The van der Waals surface area contributed by atoms with Gasteiger partial charge in [-0.05, 0) is 44.2 Å². The fourth-order valence-corrected chi connectivity index (χ4v) is 3.75. The van der Waals surface area contributed by atoms with E-state index in [1.54, 1.807) is 32.0 Å². The van der Waals surface area contributed by atoms with E-state index < -0.39 is 6.03 Å². The van der Waals surface area contributed by atoms with Crippen LogP contribution < -0.4 is 15.5 Å². The molecule has 30 heavy (non-hydrogen) atoms. The van der Waals surface area contributed by atoms with Crippen molar-refractivity contribution < 1.29 is 19.1 Å². The second-order valence-corrected chi connectivity index (χ2v) is 7.53. The molecule has 0 bridgehead atoms. The third-order valence-corrected chi connectivity index (χ3v) is 5.20. The molecule has 2 aliphatic heterocycles. The van der Waals surface area contributed by atoms with Crippen LogP contribution in [0.3, 0.4) is 0 Å². The standard InChI is InChI=1S/C22H24N4O4/c1-14(2)26-20(27)16-8-7-15(13-17(16)21(26)28)23-22(29)24-18-5-3-4-6-19(18)25-9-11-30-12-10-25/h3-8,13-14H,9-12H2,1-2H3,(H2,23,24,29). The molecule has 4 amide bonds. The van der Waals surface area contributed by atoms with Gasteiger partial charge in [-0.25, -0.2) is 4.79 Å². The van der Waals surface area contributed by atoms with Crippen molar-refractivity contribution in [2.75, 3.05) is 41.8 Å². The van der Waals surface area contributed by atoms with Gasteiger partial charge >= 0.3 is 6.03 Å². The van der Waals surface area contributed by atoms with Gasteiger partial charge in [0, 0.05) is 24.8 Å². The molecule has 4 rings (SSSR count). The average molecular weight is 408 g/mol. The Hall–Kier alpha value is -3.39. The summed E-state index contributed by atoms with van der Waals surface area (Å²) < 4.78 is 5.40. The number of rotatable bonds is 4. The lowest BCUT2D eigenvalue weighted by Crippen LogP contribution is -2.37. The van der Waals surface area contributed by atoms with Gasteiger partial charge in [-0.1, -0.05) is 12.1 Å². The molecule has 1 saturated heterocycles. The summed E-state index contributed by atoms with van der Waals surface area (Å²) in [6.45, 7) is 6.40. The van der Waals surface area contributed by atoms with E-state index >= 15 is 0 Å². The van der Waals surface area contributed by atoms with E-state index in [2.05, 4.69) is 15.5 Å². The summed E-state index contributed by atoms with van der Waals surface area (Å²) in [6, 6.07) is 11.7. The van der Waals surface area contributed by atoms with Gasteiger partial charge in [0.1, 0.15) is 0 Å². The number of hydrogen-bond acceptors (Lipinski definition) is 5. The predicted molar refractivity (Wildman–Crippen MR) is 114 cm³/mol. The van der Waals surface area contributed by atoms with E-state index in [1.165, 1.54) is 4.90 Å². The molecule has 2 aromatic carbocycles. The van der Waals surface area contributed by atoms with Crippen molar-refractivity contribution in [1.82, 2.24) is 4.90 Å². The largest absolute Gasteiger partial charge is 0.378 e. The fraction of sp³-hybridized carbons (Fsp3) is 0.318. The molecule has 0 saturated carbocycles. The lowest BCUT2D eigenvalue weighted by molar-refractivity contribution is 0.0609. The number of hydrogen-bond donors (Lipinski definition) is 2. The lowest BCUT2D eigenvalue weighted by atomic mass is 10.1. The van der Waals surface area contributed by atoms with Crippen LogP contribution in [-0.2, 0) is 4.74 Å². The molecule has 0 unspecified atom stereocenters. The van der Waals surface area contributed by atoms with Crippen molar-refractivity contribution in [3.63, 3.8) is 0 Å². The summed E-state index contributed by atoms with van der Waals surface area (Å²) in [5.41, 5.74) is 2.73. The van der Waals surface area contributed by atoms with E-state index in [4.69, 9.17) is 4.74 Å². The fourth-order valence-electron chi connectivity index (χ4n) is 3.75. The molecule has 8 heteroatoms. The number of imide groups is 1. The number of fused-ring (bicyclic) bond motifs is 1. The SMILES string of the molecule is CC(C)N1C(=O)c2ccc(NC(=O)Nc3ccccc3N3CCOCC3)cc2C1=O. The van der Waals surface area contributed by atoms with Crippen molar-refractivity contribution in [2.24, 2.45) is 0 Å². The van der Waals surface area contributed by atoms with E-state index in [9.17, 15) is 14.4 Å². The second-order valence-electron chi connectivity index (χ2n) is 7.53. The molecule has 0 aromatic heterocycles. The maximum atomic E-state index is 12.6. The molecular weight excluding hydrogens is 384 g/mol. The van der Waals surface area contributed by atoms with Gasteiger partial charge in [0.05, 0.1) is 35.7 Å². The first kappa shape index (κ1) is 19.9. The Bertz CT molecular complexity index is 998. The number of morpholine rings is 1. The summed E-state index contributed by atoms with van der Waals surface area (Å²) in [5.74, 6) is -0.646. The van der Waals surface area contributed by atoms with Crippen LogP contribution in [0.4, 0.5) is 21.9 Å². The maximum absolute atomic E-state index is 12.6. The third kappa shape index (κ3) is 3.73. The number of anilines is 3. The van der Waals surface area contributed by atoms with E-state index in [0.717, 1.165) is 18.8 Å². The molecule has 2 aliphatic rings. The van der Waals surface area contributed by atoms with Gasteiger partial charge in [-0.15, -0.1) is 0 Å². The Morgan fingerprint density at radius 2 is 1.67 bits per heavy atom.